The van der Waals surface area contributed by atoms with Gasteiger partial charge < -0.3 is 4.74 Å². The summed E-state index contributed by atoms with van der Waals surface area (Å²) in [5, 5.41) is 4.25. The maximum absolute atomic E-state index is 12.8. The molecule has 2 aromatic heterocycles. The molecule has 0 aliphatic carbocycles. The van der Waals surface area contributed by atoms with Gasteiger partial charge in [0, 0.05) is 44.1 Å². The predicted octanol–water partition coefficient (Wildman–Crippen LogP) is -0.307. The number of rotatable bonds is 7. The summed E-state index contributed by atoms with van der Waals surface area (Å²) in [4.78, 5) is 26.0. The van der Waals surface area contributed by atoms with Crippen molar-refractivity contribution in [1.29, 1.82) is 0 Å². The molecule has 0 bridgehead atoms. The van der Waals surface area contributed by atoms with Crippen LogP contribution in [0.1, 0.15) is 32.0 Å². The SMILES string of the molecule is COCCn1cc(CNS(=O)(=O)c2cn(C)nc2C(C)(C)C)c(=O)[nH]c1=O. The largest absolute Gasteiger partial charge is 0.383 e. The van der Waals surface area contributed by atoms with Crippen molar-refractivity contribution in [1.82, 2.24) is 24.1 Å². The van der Waals surface area contributed by atoms with Crippen LogP contribution in [0.3, 0.4) is 0 Å². The summed E-state index contributed by atoms with van der Waals surface area (Å²) in [6.45, 7) is 5.86. The molecule has 11 heteroatoms. The van der Waals surface area contributed by atoms with E-state index >= 15 is 0 Å². The average molecular weight is 399 g/mol. The van der Waals surface area contributed by atoms with Crippen LogP contribution in [-0.2, 0) is 40.3 Å². The summed E-state index contributed by atoms with van der Waals surface area (Å²) in [5.74, 6) is 0. The van der Waals surface area contributed by atoms with E-state index < -0.39 is 26.7 Å². The molecular formula is C16H25N5O5S. The Morgan fingerprint density at radius 1 is 1.26 bits per heavy atom. The van der Waals surface area contributed by atoms with Crippen LogP contribution in [0, 0.1) is 0 Å². The Hall–Kier alpha value is -2.24. The van der Waals surface area contributed by atoms with E-state index in [1.54, 1.807) is 7.05 Å². The third-order valence-electron chi connectivity index (χ3n) is 3.87. The van der Waals surface area contributed by atoms with E-state index in [-0.39, 0.29) is 30.2 Å². The van der Waals surface area contributed by atoms with Gasteiger partial charge in [0.05, 0.1) is 18.8 Å². The smallest absolute Gasteiger partial charge is 0.328 e. The lowest BCUT2D eigenvalue weighted by atomic mass is 9.92. The van der Waals surface area contributed by atoms with Crippen molar-refractivity contribution in [3.05, 3.63) is 44.5 Å². The highest BCUT2D eigenvalue weighted by Gasteiger charge is 2.29. The lowest BCUT2D eigenvalue weighted by molar-refractivity contribution is 0.185. The van der Waals surface area contributed by atoms with Gasteiger partial charge in [0.1, 0.15) is 4.90 Å². The van der Waals surface area contributed by atoms with Gasteiger partial charge in [0.2, 0.25) is 10.0 Å². The van der Waals surface area contributed by atoms with Crippen molar-refractivity contribution in [2.75, 3.05) is 13.7 Å². The van der Waals surface area contributed by atoms with Crippen LogP contribution in [0.25, 0.3) is 0 Å². The fourth-order valence-corrected chi connectivity index (χ4v) is 3.86. The van der Waals surface area contributed by atoms with E-state index in [0.717, 1.165) is 0 Å². The number of aromatic amines is 1. The zero-order chi connectivity index (χ0) is 20.4. The Balaban J connectivity index is 2.31. The number of aromatic nitrogens is 4. The van der Waals surface area contributed by atoms with Crippen LogP contribution < -0.4 is 16.0 Å². The molecule has 10 nitrogen and oxygen atoms in total. The first-order valence-electron chi connectivity index (χ1n) is 8.31. The number of nitrogens with zero attached hydrogens (tertiary/aromatic N) is 3. The lowest BCUT2D eigenvalue weighted by Gasteiger charge is -2.17. The third-order valence-corrected chi connectivity index (χ3v) is 5.27. The van der Waals surface area contributed by atoms with E-state index in [4.69, 9.17) is 4.74 Å². The van der Waals surface area contributed by atoms with Crippen molar-refractivity contribution in [3.63, 3.8) is 0 Å². The maximum Gasteiger partial charge on any atom is 0.328 e. The third kappa shape index (κ3) is 4.93. The molecule has 0 aliphatic rings. The summed E-state index contributed by atoms with van der Waals surface area (Å²) in [6.07, 6.45) is 2.75. The highest BCUT2D eigenvalue weighted by Crippen LogP contribution is 2.27. The summed E-state index contributed by atoms with van der Waals surface area (Å²) in [6, 6.07) is 0. The van der Waals surface area contributed by atoms with E-state index in [2.05, 4.69) is 14.8 Å². The molecule has 0 spiro atoms. The Kier molecular flexibility index (Phi) is 6.07. The Morgan fingerprint density at radius 2 is 1.93 bits per heavy atom. The first kappa shape index (κ1) is 21.1. The number of sulfonamides is 1. The monoisotopic (exact) mass is 399 g/mol. The first-order valence-corrected chi connectivity index (χ1v) is 9.79. The van der Waals surface area contributed by atoms with Gasteiger partial charge in [-0.15, -0.1) is 0 Å². The molecule has 0 fully saturated rings. The van der Waals surface area contributed by atoms with Crippen molar-refractivity contribution >= 4 is 10.0 Å². The molecule has 0 saturated heterocycles. The zero-order valence-corrected chi connectivity index (χ0v) is 16.9. The number of hydrogen-bond acceptors (Lipinski definition) is 6. The molecule has 2 rings (SSSR count). The molecule has 150 valence electrons. The Morgan fingerprint density at radius 3 is 2.52 bits per heavy atom. The van der Waals surface area contributed by atoms with E-state index in [9.17, 15) is 18.0 Å². The van der Waals surface area contributed by atoms with E-state index in [1.165, 1.54) is 28.8 Å². The van der Waals surface area contributed by atoms with Gasteiger partial charge in [-0.25, -0.2) is 17.9 Å². The van der Waals surface area contributed by atoms with Crippen LogP contribution in [0.2, 0.25) is 0 Å². The van der Waals surface area contributed by atoms with Crippen molar-refractivity contribution in [2.45, 2.75) is 44.2 Å². The van der Waals surface area contributed by atoms with Crippen LogP contribution in [0.5, 0.6) is 0 Å². The number of H-pyrrole nitrogens is 1. The van der Waals surface area contributed by atoms with Gasteiger partial charge in [-0.1, -0.05) is 20.8 Å². The second-order valence-electron chi connectivity index (χ2n) is 7.19. The number of hydrogen-bond donors (Lipinski definition) is 2. The van der Waals surface area contributed by atoms with Crippen molar-refractivity contribution < 1.29 is 13.2 Å². The molecule has 2 aromatic rings. The molecule has 27 heavy (non-hydrogen) atoms. The highest BCUT2D eigenvalue weighted by atomic mass is 32.2. The van der Waals surface area contributed by atoms with Gasteiger partial charge in [-0.2, -0.15) is 5.10 Å². The minimum Gasteiger partial charge on any atom is -0.383 e. The fraction of sp³-hybridized carbons (Fsp3) is 0.562. The van der Waals surface area contributed by atoms with Gasteiger partial charge in [0.25, 0.3) is 5.56 Å². The zero-order valence-electron chi connectivity index (χ0n) is 16.1. The first-order chi connectivity index (χ1) is 12.5. The molecule has 0 radical (unpaired) electrons. The van der Waals surface area contributed by atoms with Crippen molar-refractivity contribution in [2.24, 2.45) is 7.05 Å². The molecule has 0 amide bonds. The van der Waals surface area contributed by atoms with Crippen molar-refractivity contribution in [3.8, 4) is 0 Å². The molecule has 0 aromatic carbocycles. The number of nitrogens with one attached hydrogen (secondary N) is 2. The number of aryl methyl sites for hydroxylation is 1. The second kappa shape index (κ2) is 7.79. The number of ether oxygens (including phenoxy) is 1. The molecule has 0 unspecified atom stereocenters. The van der Waals surface area contributed by atoms with Crippen LogP contribution >= 0.6 is 0 Å². The molecular weight excluding hydrogens is 374 g/mol. The second-order valence-corrected chi connectivity index (χ2v) is 8.93. The summed E-state index contributed by atoms with van der Waals surface area (Å²) in [7, 11) is -0.770. The normalized spacial score (nSPS) is 12.5. The maximum atomic E-state index is 12.8. The highest BCUT2D eigenvalue weighted by molar-refractivity contribution is 7.89. The summed E-state index contributed by atoms with van der Waals surface area (Å²) >= 11 is 0. The molecule has 0 atom stereocenters. The minimum atomic E-state index is -3.91. The average Bonchev–Trinajstić information content (AvgIpc) is 2.96. The molecule has 2 heterocycles. The van der Waals surface area contributed by atoms with Gasteiger partial charge in [-0.3, -0.25) is 19.0 Å². The quantitative estimate of drug-likeness (QED) is 0.657. The fourth-order valence-electron chi connectivity index (χ4n) is 2.47. The Bertz CT molecular complexity index is 1030. The molecule has 2 N–H and O–H groups in total. The molecule has 0 saturated carbocycles. The van der Waals surface area contributed by atoms with Gasteiger partial charge in [0.15, 0.2) is 0 Å². The van der Waals surface area contributed by atoms with Crippen LogP contribution in [0.4, 0.5) is 0 Å². The Labute approximate surface area is 157 Å². The van der Waals surface area contributed by atoms with E-state index in [1.807, 2.05) is 20.8 Å². The topological polar surface area (TPSA) is 128 Å². The molecule has 0 aliphatic heterocycles. The van der Waals surface area contributed by atoms with Crippen LogP contribution in [0.15, 0.2) is 26.9 Å². The van der Waals surface area contributed by atoms with E-state index in [0.29, 0.717) is 5.69 Å². The van der Waals surface area contributed by atoms with Gasteiger partial charge >= 0.3 is 5.69 Å². The summed E-state index contributed by atoms with van der Waals surface area (Å²) in [5.41, 5.74) is -1.15. The standard InChI is InChI=1S/C16H25N5O5S/c1-16(2,3)13-12(10-20(4)19-13)27(24,25)17-8-11-9-21(6-7-26-5)15(23)18-14(11)22/h9-10,17H,6-8H2,1-5H3,(H,18,22,23). The minimum absolute atomic E-state index is 0.0571. The van der Waals surface area contributed by atoms with Gasteiger partial charge in [-0.05, 0) is 0 Å². The van der Waals surface area contributed by atoms with Crippen LogP contribution in [-0.4, -0.2) is 41.5 Å². The summed E-state index contributed by atoms with van der Waals surface area (Å²) < 4.78 is 35.5. The lowest BCUT2D eigenvalue weighted by Crippen LogP contribution is -2.35. The number of methoxy groups -OCH3 is 1. The predicted molar refractivity (Wildman–Crippen MR) is 99.1 cm³/mol.